The second-order valence-corrected chi connectivity index (χ2v) is 6.54. The molecule has 2 aliphatic rings. The molecule has 20 heavy (non-hydrogen) atoms. The van der Waals surface area contributed by atoms with E-state index < -0.39 is 0 Å². The van der Waals surface area contributed by atoms with Crippen LogP contribution in [0.3, 0.4) is 0 Å². The number of hydrogen-bond acceptors (Lipinski definition) is 0. The molecule has 2 fully saturated rings. The van der Waals surface area contributed by atoms with Gasteiger partial charge in [-0.05, 0) is 5.41 Å². The van der Waals surface area contributed by atoms with Gasteiger partial charge in [-0.15, -0.1) is 26.3 Å². The lowest BCUT2D eigenvalue weighted by atomic mass is 10.0. The van der Waals surface area contributed by atoms with Gasteiger partial charge in [0, 0.05) is 0 Å². The van der Waals surface area contributed by atoms with E-state index in [1.807, 2.05) is 0 Å². The Balaban J connectivity index is -0.0000000836. The van der Waals surface area contributed by atoms with Crippen LogP contribution in [0.25, 0.3) is 0 Å². The third-order valence-corrected chi connectivity index (χ3v) is 2.50. The summed E-state index contributed by atoms with van der Waals surface area (Å²) in [4.78, 5) is 0. The number of rotatable bonds is 0. The Morgan fingerprint density at radius 1 is 0.450 bits per heavy atom. The van der Waals surface area contributed by atoms with Gasteiger partial charge in [0.15, 0.2) is 0 Å². The molecule has 124 valence electrons. The monoisotopic (exact) mass is 284 g/mol. The second-order valence-electron chi connectivity index (χ2n) is 6.54. The van der Waals surface area contributed by atoms with E-state index in [1.165, 1.54) is 64.2 Å². The summed E-state index contributed by atoms with van der Waals surface area (Å²) in [6, 6.07) is 0. The van der Waals surface area contributed by atoms with Crippen molar-refractivity contribution in [1.29, 1.82) is 0 Å². The molecular weight excluding hydrogens is 240 g/mol. The SMILES string of the molecule is C.C1CCCC1.C1CCCC1.C=C.C=C.CC(C)(C)C. The fraction of sp³-hybridized carbons (Fsp3) is 0.800. The maximum Gasteiger partial charge on any atom is -0.0411 e. The Kier molecular flexibility index (Phi) is 32.7. The molecular formula is C20H44. The van der Waals surface area contributed by atoms with Gasteiger partial charge in [0.1, 0.15) is 0 Å². The van der Waals surface area contributed by atoms with E-state index in [4.69, 9.17) is 0 Å². The van der Waals surface area contributed by atoms with E-state index in [-0.39, 0.29) is 7.43 Å². The van der Waals surface area contributed by atoms with Gasteiger partial charge in [0.25, 0.3) is 0 Å². The highest BCUT2D eigenvalue weighted by Crippen LogP contribution is 2.15. The first-order chi connectivity index (χ1) is 9.00. The highest BCUT2D eigenvalue weighted by Gasteiger charge is 1.96. The van der Waals surface area contributed by atoms with Crippen molar-refractivity contribution in [3.05, 3.63) is 26.3 Å². The molecule has 0 amide bonds. The molecule has 0 spiro atoms. The van der Waals surface area contributed by atoms with Crippen LogP contribution < -0.4 is 0 Å². The van der Waals surface area contributed by atoms with Crippen LogP contribution in [-0.2, 0) is 0 Å². The van der Waals surface area contributed by atoms with Crippen molar-refractivity contribution in [3.63, 3.8) is 0 Å². The van der Waals surface area contributed by atoms with Crippen LogP contribution in [0.1, 0.15) is 99.3 Å². The number of hydrogen-bond donors (Lipinski definition) is 0. The van der Waals surface area contributed by atoms with Crippen molar-refractivity contribution in [1.82, 2.24) is 0 Å². The molecule has 0 aromatic carbocycles. The minimum Gasteiger partial charge on any atom is -0.106 e. The molecule has 0 bridgehead atoms. The zero-order valence-electron chi connectivity index (χ0n) is 14.4. The smallest absolute Gasteiger partial charge is 0.0411 e. The van der Waals surface area contributed by atoms with Crippen LogP contribution >= 0.6 is 0 Å². The Labute approximate surface area is 131 Å². The van der Waals surface area contributed by atoms with Gasteiger partial charge in [0.2, 0.25) is 0 Å². The summed E-state index contributed by atoms with van der Waals surface area (Å²) in [5.74, 6) is 0. The zero-order chi connectivity index (χ0) is 15.6. The predicted molar refractivity (Wildman–Crippen MR) is 101 cm³/mol. The van der Waals surface area contributed by atoms with Gasteiger partial charge < -0.3 is 0 Å². The summed E-state index contributed by atoms with van der Waals surface area (Å²) in [6.45, 7) is 20.8. The molecule has 2 saturated carbocycles. The van der Waals surface area contributed by atoms with Gasteiger partial charge in [-0.2, -0.15) is 0 Å². The summed E-state index contributed by atoms with van der Waals surface area (Å²) < 4.78 is 0. The highest BCUT2D eigenvalue weighted by atomic mass is 14.0. The van der Waals surface area contributed by atoms with Crippen molar-refractivity contribution >= 4 is 0 Å². The predicted octanol–water partition coefficient (Wildman–Crippen LogP) is 8.19. The molecule has 0 saturated heterocycles. The lowest BCUT2D eigenvalue weighted by molar-refractivity contribution is 0.469. The summed E-state index contributed by atoms with van der Waals surface area (Å²) in [6.07, 6.45) is 15.0. The maximum absolute atomic E-state index is 3.00. The van der Waals surface area contributed by atoms with Crippen molar-refractivity contribution in [2.75, 3.05) is 0 Å². The van der Waals surface area contributed by atoms with Crippen LogP contribution in [0.15, 0.2) is 26.3 Å². The standard InChI is InChI=1S/2C5H10.C5H12.2C2H4.CH4/c2*1-2-4-5-3-1;1-5(2,3)4;2*1-2;/h2*1-5H2;1-4H3;2*1-2H2;1H4. The van der Waals surface area contributed by atoms with Crippen molar-refractivity contribution in [2.45, 2.75) is 99.3 Å². The second kappa shape index (κ2) is 23.6. The highest BCUT2D eigenvalue weighted by molar-refractivity contribution is 4.51. The fourth-order valence-electron chi connectivity index (χ4n) is 1.77. The average molecular weight is 285 g/mol. The van der Waals surface area contributed by atoms with E-state index in [9.17, 15) is 0 Å². The largest absolute Gasteiger partial charge is 0.106 e. The van der Waals surface area contributed by atoms with E-state index in [0.29, 0.717) is 5.41 Å². The maximum atomic E-state index is 3.00. The normalized spacial score (nSPS) is 15.4. The molecule has 0 heterocycles. The van der Waals surface area contributed by atoms with E-state index in [1.54, 1.807) is 0 Å². The van der Waals surface area contributed by atoms with Crippen LogP contribution in [0.4, 0.5) is 0 Å². The molecule has 2 aliphatic carbocycles. The van der Waals surface area contributed by atoms with E-state index >= 15 is 0 Å². The Bertz CT molecular complexity index is 99.4. The topological polar surface area (TPSA) is 0 Å². The molecule has 0 atom stereocenters. The molecule has 0 aromatic heterocycles. The third-order valence-electron chi connectivity index (χ3n) is 2.50. The summed E-state index contributed by atoms with van der Waals surface area (Å²) in [5.41, 5.74) is 0.500. The molecule has 0 heteroatoms. The molecule has 0 nitrogen and oxygen atoms in total. The van der Waals surface area contributed by atoms with Gasteiger partial charge in [-0.3, -0.25) is 0 Å². The first kappa shape index (κ1) is 27.8. The minimum absolute atomic E-state index is 0. The Morgan fingerprint density at radius 3 is 0.550 bits per heavy atom. The van der Waals surface area contributed by atoms with E-state index in [2.05, 4.69) is 54.0 Å². The van der Waals surface area contributed by atoms with Gasteiger partial charge in [-0.25, -0.2) is 0 Å². The molecule has 0 aliphatic heterocycles. The Hall–Kier alpha value is -0.520. The summed E-state index contributed by atoms with van der Waals surface area (Å²) in [7, 11) is 0. The lowest BCUT2D eigenvalue weighted by Crippen LogP contribution is -1.93. The van der Waals surface area contributed by atoms with Gasteiger partial charge in [0.05, 0.1) is 0 Å². The molecule has 0 aromatic rings. The molecule has 0 N–H and O–H groups in total. The van der Waals surface area contributed by atoms with Crippen LogP contribution in [0.2, 0.25) is 0 Å². The van der Waals surface area contributed by atoms with Crippen molar-refractivity contribution in [3.8, 4) is 0 Å². The van der Waals surface area contributed by atoms with E-state index in [0.717, 1.165) is 0 Å². The average Bonchev–Trinajstić information content (AvgIpc) is 3.10. The summed E-state index contributed by atoms with van der Waals surface area (Å²) >= 11 is 0. The minimum atomic E-state index is 0. The third kappa shape index (κ3) is 52.8. The zero-order valence-corrected chi connectivity index (χ0v) is 14.4. The quantitative estimate of drug-likeness (QED) is 0.393. The fourth-order valence-corrected chi connectivity index (χ4v) is 1.77. The van der Waals surface area contributed by atoms with Gasteiger partial charge in [-0.1, -0.05) is 99.3 Å². The summed E-state index contributed by atoms with van der Waals surface area (Å²) in [5, 5.41) is 0. The molecule has 0 unspecified atom stereocenters. The van der Waals surface area contributed by atoms with Gasteiger partial charge >= 0.3 is 0 Å². The van der Waals surface area contributed by atoms with Crippen LogP contribution in [-0.4, -0.2) is 0 Å². The van der Waals surface area contributed by atoms with Crippen LogP contribution in [0, 0.1) is 5.41 Å². The first-order valence-electron chi connectivity index (χ1n) is 8.00. The van der Waals surface area contributed by atoms with Crippen LogP contribution in [0.5, 0.6) is 0 Å². The molecule has 2 rings (SSSR count). The lowest BCUT2D eigenvalue weighted by Gasteiger charge is -2.05. The van der Waals surface area contributed by atoms with Crippen molar-refractivity contribution < 1.29 is 0 Å². The first-order valence-corrected chi connectivity index (χ1v) is 8.00. The Morgan fingerprint density at radius 2 is 0.500 bits per heavy atom. The molecule has 0 radical (unpaired) electrons. The van der Waals surface area contributed by atoms with Crippen molar-refractivity contribution in [2.24, 2.45) is 5.41 Å².